The van der Waals surface area contributed by atoms with E-state index in [-0.39, 0.29) is 13.0 Å². The van der Waals surface area contributed by atoms with E-state index in [9.17, 15) is 20.4 Å². The fourth-order valence-electron chi connectivity index (χ4n) is 2.34. The molecule has 0 saturated carbocycles. The summed E-state index contributed by atoms with van der Waals surface area (Å²) in [5, 5.41) is 56.6. The molecule has 0 aliphatic carbocycles. The zero-order valence-electron chi connectivity index (χ0n) is 12.4. The molecule has 1 aliphatic heterocycles. The van der Waals surface area contributed by atoms with Gasteiger partial charge >= 0.3 is 0 Å². The molecule has 2 rings (SSSR count). The Kier molecular flexibility index (Phi) is 6.31. The third-order valence-corrected chi connectivity index (χ3v) is 3.71. The predicted molar refractivity (Wildman–Crippen MR) is 77.6 cm³/mol. The first-order chi connectivity index (χ1) is 11.0. The molecule has 0 bridgehead atoms. The fraction of sp³-hybridized carbons (Fsp3) is 0.600. The maximum Gasteiger partial charge on any atom is 0.229 e. The van der Waals surface area contributed by atoms with Crippen LogP contribution in [-0.2, 0) is 11.2 Å². The van der Waals surface area contributed by atoms with Crippen molar-refractivity contribution in [1.29, 1.82) is 0 Å². The monoisotopic (exact) mass is 330 g/mol. The Labute approximate surface area is 133 Å². The second kappa shape index (κ2) is 8.02. The van der Waals surface area contributed by atoms with E-state index in [0.29, 0.717) is 5.75 Å². The minimum atomic E-state index is -1.50. The van der Waals surface area contributed by atoms with Gasteiger partial charge in [-0.15, -0.1) is 0 Å². The number of rotatable bonds is 6. The van der Waals surface area contributed by atoms with Crippen LogP contribution in [0.1, 0.15) is 5.56 Å². The van der Waals surface area contributed by atoms with Gasteiger partial charge in [0, 0.05) is 6.42 Å². The van der Waals surface area contributed by atoms with Gasteiger partial charge in [0.05, 0.1) is 19.3 Å². The van der Waals surface area contributed by atoms with Crippen molar-refractivity contribution in [3.05, 3.63) is 29.8 Å². The van der Waals surface area contributed by atoms with Crippen LogP contribution in [0.15, 0.2) is 24.3 Å². The summed E-state index contributed by atoms with van der Waals surface area (Å²) in [6.45, 7) is -0.855. The Morgan fingerprint density at radius 1 is 1.00 bits per heavy atom. The summed E-state index contributed by atoms with van der Waals surface area (Å²) in [6, 6.07) is 6.53. The smallest absolute Gasteiger partial charge is 0.229 e. The quantitative estimate of drug-likeness (QED) is 0.344. The molecule has 0 amide bonds. The Balaban J connectivity index is 2.00. The van der Waals surface area contributed by atoms with Gasteiger partial charge in [0.2, 0.25) is 6.29 Å². The lowest BCUT2D eigenvalue weighted by Crippen LogP contribution is -2.60. The van der Waals surface area contributed by atoms with Gasteiger partial charge in [-0.2, -0.15) is 0 Å². The zero-order chi connectivity index (χ0) is 17.0. The van der Waals surface area contributed by atoms with Crippen LogP contribution in [0.2, 0.25) is 0 Å². The average Bonchev–Trinajstić information content (AvgIpc) is 2.56. The summed E-state index contributed by atoms with van der Waals surface area (Å²) in [5.41, 5.74) is 0.785. The summed E-state index contributed by atoms with van der Waals surface area (Å²) in [5.74, 6) is 0.344. The van der Waals surface area contributed by atoms with Crippen molar-refractivity contribution in [2.24, 2.45) is 0 Å². The Bertz CT molecular complexity index is 477. The Morgan fingerprint density at radius 2 is 1.65 bits per heavy atom. The third kappa shape index (κ3) is 4.39. The van der Waals surface area contributed by atoms with Crippen LogP contribution >= 0.6 is 0 Å². The van der Waals surface area contributed by atoms with Gasteiger partial charge in [-0.05, 0) is 17.7 Å². The number of aliphatic hydroxyl groups is 6. The summed E-state index contributed by atoms with van der Waals surface area (Å²) in [6.07, 6.45) is -7.22. The minimum absolute atomic E-state index is 0.289. The maximum absolute atomic E-state index is 9.89. The van der Waals surface area contributed by atoms with Crippen molar-refractivity contribution in [1.82, 2.24) is 0 Å². The first kappa shape index (κ1) is 18.1. The Hall–Kier alpha value is -1.26. The van der Waals surface area contributed by atoms with E-state index < -0.39 is 43.4 Å². The van der Waals surface area contributed by atoms with Gasteiger partial charge < -0.3 is 40.1 Å². The van der Waals surface area contributed by atoms with E-state index in [0.717, 1.165) is 5.56 Å². The summed E-state index contributed by atoms with van der Waals surface area (Å²) in [7, 11) is 0. The third-order valence-electron chi connectivity index (χ3n) is 3.71. The van der Waals surface area contributed by atoms with Crippen molar-refractivity contribution >= 4 is 0 Å². The lowest BCUT2D eigenvalue weighted by molar-refractivity contribution is -0.277. The number of aliphatic hydroxyl groups excluding tert-OH is 6. The SMILES string of the molecule is OCC(O)Cc1ccc(O[C@@H]2O[C@H](CO)[C@@H](O)[C@H](O)[C@H]2O)cc1. The van der Waals surface area contributed by atoms with Crippen molar-refractivity contribution in [2.75, 3.05) is 13.2 Å². The van der Waals surface area contributed by atoms with Crippen molar-refractivity contribution in [3.8, 4) is 5.75 Å². The van der Waals surface area contributed by atoms with E-state index in [1.807, 2.05) is 0 Å². The Morgan fingerprint density at radius 3 is 2.22 bits per heavy atom. The van der Waals surface area contributed by atoms with Gasteiger partial charge in [-0.3, -0.25) is 0 Å². The van der Waals surface area contributed by atoms with Crippen LogP contribution in [-0.4, -0.2) is 80.7 Å². The molecule has 1 aliphatic rings. The molecule has 8 heteroatoms. The van der Waals surface area contributed by atoms with Gasteiger partial charge in [-0.25, -0.2) is 0 Å². The number of hydrogen-bond donors (Lipinski definition) is 6. The zero-order valence-corrected chi connectivity index (χ0v) is 12.4. The van der Waals surface area contributed by atoms with E-state index in [1.54, 1.807) is 24.3 Å². The highest BCUT2D eigenvalue weighted by Gasteiger charge is 2.44. The van der Waals surface area contributed by atoms with Gasteiger partial charge in [0.25, 0.3) is 0 Å². The highest BCUT2D eigenvalue weighted by atomic mass is 16.7. The van der Waals surface area contributed by atoms with Gasteiger partial charge in [-0.1, -0.05) is 12.1 Å². The topological polar surface area (TPSA) is 140 Å². The first-order valence-corrected chi connectivity index (χ1v) is 7.31. The first-order valence-electron chi connectivity index (χ1n) is 7.31. The van der Waals surface area contributed by atoms with E-state index >= 15 is 0 Å². The molecular weight excluding hydrogens is 308 g/mol. The van der Waals surface area contributed by atoms with Crippen molar-refractivity contribution < 1.29 is 40.1 Å². The summed E-state index contributed by atoms with van der Waals surface area (Å²) in [4.78, 5) is 0. The molecule has 130 valence electrons. The standard InChI is InChI=1S/C15H22O8/c16-6-9(18)5-8-1-3-10(4-2-8)22-15-14(21)13(20)12(19)11(7-17)23-15/h1-4,9,11-21H,5-7H2/t9?,11-,12-,13+,14-,15-/m1/s1. The highest BCUT2D eigenvalue weighted by molar-refractivity contribution is 5.28. The second-order valence-electron chi connectivity index (χ2n) is 5.50. The second-order valence-corrected chi connectivity index (χ2v) is 5.50. The molecule has 23 heavy (non-hydrogen) atoms. The summed E-state index contributed by atoms with van der Waals surface area (Å²) < 4.78 is 10.7. The molecule has 6 N–H and O–H groups in total. The summed E-state index contributed by atoms with van der Waals surface area (Å²) >= 11 is 0. The average molecular weight is 330 g/mol. The van der Waals surface area contributed by atoms with Crippen molar-refractivity contribution in [3.63, 3.8) is 0 Å². The molecular formula is C15H22O8. The van der Waals surface area contributed by atoms with Crippen LogP contribution in [0.25, 0.3) is 0 Å². The number of benzene rings is 1. The van der Waals surface area contributed by atoms with E-state index in [4.69, 9.17) is 19.7 Å². The lowest BCUT2D eigenvalue weighted by Gasteiger charge is -2.39. The van der Waals surface area contributed by atoms with Crippen LogP contribution in [0.3, 0.4) is 0 Å². The van der Waals surface area contributed by atoms with Crippen LogP contribution < -0.4 is 4.74 Å². The molecule has 1 heterocycles. The number of ether oxygens (including phenoxy) is 2. The predicted octanol–water partition coefficient (Wildman–Crippen LogP) is -2.24. The normalized spacial score (nSPS) is 32.5. The molecule has 1 fully saturated rings. The molecule has 1 aromatic rings. The fourth-order valence-corrected chi connectivity index (χ4v) is 2.34. The largest absolute Gasteiger partial charge is 0.462 e. The number of hydrogen-bond acceptors (Lipinski definition) is 8. The molecule has 8 nitrogen and oxygen atoms in total. The van der Waals surface area contributed by atoms with E-state index in [2.05, 4.69) is 0 Å². The molecule has 1 aromatic carbocycles. The maximum atomic E-state index is 9.89. The van der Waals surface area contributed by atoms with Crippen LogP contribution in [0.5, 0.6) is 5.75 Å². The minimum Gasteiger partial charge on any atom is -0.462 e. The molecule has 0 aromatic heterocycles. The van der Waals surface area contributed by atoms with Crippen LogP contribution in [0, 0.1) is 0 Å². The van der Waals surface area contributed by atoms with Gasteiger partial charge in [0.15, 0.2) is 0 Å². The molecule has 6 atom stereocenters. The lowest BCUT2D eigenvalue weighted by atomic mass is 9.99. The molecule has 0 spiro atoms. The van der Waals surface area contributed by atoms with Crippen molar-refractivity contribution in [2.45, 2.75) is 43.2 Å². The molecule has 1 unspecified atom stereocenters. The molecule has 0 radical (unpaired) electrons. The molecule has 1 saturated heterocycles. The van der Waals surface area contributed by atoms with Crippen LogP contribution in [0.4, 0.5) is 0 Å². The van der Waals surface area contributed by atoms with Gasteiger partial charge in [0.1, 0.15) is 30.2 Å². The highest BCUT2D eigenvalue weighted by Crippen LogP contribution is 2.24. The van der Waals surface area contributed by atoms with E-state index in [1.165, 1.54) is 0 Å².